The monoisotopic (exact) mass is 538 g/mol. The minimum Gasteiger partial charge on any atom is -0.457 e. The summed E-state index contributed by atoms with van der Waals surface area (Å²) in [6.07, 6.45) is 1.85. The summed E-state index contributed by atoms with van der Waals surface area (Å²) in [7, 11) is 0. The van der Waals surface area contributed by atoms with Crippen LogP contribution in [0.4, 0.5) is 0 Å². The van der Waals surface area contributed by atoms with Gasteiger partial charge in [-0.15, -0.1) is 0 Å². The number of benzene rings is 2. The lowest BCUT2D eigenvalue weighted by molar-refractivity contribution is -0.141. The van der Waals surface area contributed by atoms with Gasteiger partial charge < -0.3 is 15.0 Å². The zero-order chi connectivity index (χ0) is 27.4. The summed E-state index contributed by atoms with van der Waals surface area (Å²) in [4.78, 5) is 37.7. The van der Waals surface area contributed by atoms with E-state index in [-0.39, 0.29) is 18.9 Å². The van der Waals surface area contributed by atoms with Crippen LogP contribution in [0.5, 0.6) is 0 Å². The number of rotatable bonds is 8. The number of esters is 1. The summed E-state index contributed by atoms with van der Waals surface area (Å²) < 4.78 is 5.80. The van der Waals surface area contributed by atoms with Crippen molar-refractivity contribution < 1.29 is 14.3 Å². The molecule has 0 fully saturated rings. The normalized spacial score (nSPS) is 16.4. The fraction of sp³-hybridized carbons (Fsp3) is 0.226. The van der Waals surface area contributed by atoms with Crippen molar-refractivity contribution in [2.45, 2.75) is 46.4 Å². The van der Waals surface area contributed by atoms with Crippen molar-refractivity contribution in [2.75, 3.05) is 0 Å². The number of aryl methyl sites for hydroxylation is 2. The van der Waals surface area contributed by atoms with E-state index in [1.165, 1.54) is 11.8 Å². The fourth-order valence-electron chi connectivity index (χ4n) is 4.78. The zero-order valence-electron chi connectivity index (χ0n) is 22.2. The molecule has 5 rings (SSSR count). The number of carbonyl (C=O) groups is 2. The number of carbonyl (C=O) groups excluding carboxylic acids is 2. The molecule has 8 heteroatoms. The van der Waals surface area contributed by atoms with Crippen molar-refractivity contribution in [1.82, 2.24) is 15.2 Å². The zero-order valence-corrected chi connectivity index (χ0v) is 23.0. The molecule has 7 nitrogen and oxygen atoms in total. The standard InChI is InChI=1S/C31H30N4O3S/c1-20-12-13-26(21(2)15-20)29-28(30(37)38-18-23-9-5-4-6-10-23)22(3)34-31-35(29)25(19-39-31)16-27(36)33-17-24-11-7-8-14-32-24/h4-15,19,29H,16-18H2,1-3H3,(H,33,36). The number of fused-ring (bicyclic) bond motifs is 1. The first-order valence-electron chi connectivity index (χ1n) is 12.8. The van der Waals surface area contributed by atoms with Crippen LogP contribution in [-0.4, -0.2) is 26.9 Å². The van der Waals surface area contributed by atoms with Crippen molar-refractivity contribution in [1.29, 1.82) is 0 Å². The van der Waals surface area contributed by atoms with Gasteiger partial charge in [-0.3, -0.25) is 9.78 Å². The fourth-order valence-corrected chi connectivity index (χ4v) is 5.74. The molecule has 39 heavy (non-hydrogen) atoms. The third kappa shape index (κ3) is 5.96. The molecule has 3 heterocycles. The van der Waals surface area contributed by atoms with Crippen LogP contribution in [-0.2, 0) is 27.5 Å². The Morgan fingerprint density at radius 1 is 1.03 bits per heavy atom. The number of ether oxygens (including phenoxy) is 1. The Morgan fingerprint density at radius 3 is 2.56 bits per heavy atom. The highest BCUT2D eigenvalue weighted by molar-refractivity contribution is 8.16. The van der Waals surface area contributed by atoms with E-state index in [4.69, 9.17) is 9.73 Å². The molecule has 0 radical (unpaired) electrons. The first-order chi connectivity index (χ1) is 18.9. The molecule has 0 bridgehead atoms. The lowest BCUT2D eigenvalue weighted by atomic mass is 9.90. The van der Waals surface area contributed by atoms with E-state index >= 15 is 0 Å². The second-order valence-electron chi connectivity index (χ2n) is 9.59. The second-order valence-corrected chi connectivity index (χ2v) is 10.4. The molecule has 3 aromatic rings. The molecule has 1 unspecified atom stereocenters. The maximum atomic E-state index is 13.6. The van der Waals surface area contributed by atoms with Gasteiger partial charge >= 0.3 is 5.97 Å². The Morgan fingerprint density at radius 2 is 1.82 bits per heavy atom. The highest BCUT2D eigenvalue weighted by atomic mass is 32.2. The predicted molar refractivity (Wildman–Crippen MR) is 153 cm³/mol. The van der Waals surface area contributed by atoms with Gasteiger partial charge in [0.1, 0.15) is 6.61 Å². The number of amides is 1. The van der Waals surface area contributed by atoms with Crippen LogP contribution in [0.25, 0.3) is 0 Å². The summed E-state index contributed by atoms with van der Waals surface area (Å²) >= 11 is 1.46. The van der Waals surface area contributed by atoms with Gasteiger partial charge in [-0.05, 0) is 55.0 Å². The number of aliphatic imine (C=N–C) groups is 1. The molecule has 1 atom stereocenters. The van der Waals surface area contributed by atoms with Crippen molar-refractivity contribution in [3.8, 4) is 0 Å². The summed E-state index contributed by atoms with van der Waals surface area (Å²) in [6, 6.07) is 21.0. The summed E-state index contributed by atoms with van der Waals surface area (Å²) in [6.45, 7) is 6.45. The lowest BCUT2D eigenvalue weighted by Gasteiger charge is -2.37. The quantitative estimate of drug-likeness (QED) is 0.369. The Labute approximate surface area is 232 Å². The van der Waals surface area contributed by atoms with Gasteiger partial charge in [-0.2, -0.15) is 0 Å². The van der Waals surface area contributed by atoms with Gasteiger partial charge in [-0.1, -0.05) is 71.9 Å². The van der Waals surface area contributed by atoms with E-state index in [0.29, 0.717) is 17.8 Å². The van der Waals surface area contributed by atoms with E-state index in [1.807, 2.05) is 85.7 Å². The largest absolute Gasteiger partial charge is 0.457 e. The molecule has 198 valence electrons. The minimum atomic E-state index is -0.466. The van der Waals surface area contributed by atoms with Gasteiger partial charge in [0.2, 0.25) is 5.91 Å². The van der Waals surface area contributed by atoms with Crippen molar-refractivity contribution in [3.63, 3.8) is 0 Å². The molecule has 0 saturated heterocycles. The number of amidine groups is 1. The molecule has 0 saturated carbocycles. The van der Waals surface area contributed by atoms with Crippen LogP contribution in [0, 0.1) is 13.8 Å². The maximum Gasteiger partial charge on any atom is 0.338 e. The summed E-state index contributed by atoms with van der Waals surface area (Å²) in [5, 5.41) is 5.64. The molecule has 1 aromatic heterocycles. The van der Waals surface area contributed by atoms with Crippen molar-refractivity contribution in [3.05, 3.63) is 123 Å². The van der Waals surface area contributed by atoms with Crippen LogP contribution < -0.4 is 5.32 Å². The average molecular weight is 539 g/mol. The van der Waals surface area contributed by atoms with E-state index < -0.39 is 12.0 Å². The Kier molecular flexibility index (Phi) is 7.93. The Hall–Kier alpha value is -4.17. The predicted octanol–water partition coefficient (Wildman–Crippen LogP) is 5.72. The first kappa shape index (κ1) is 26.4. The van der Waals surface area contributed by atoms with E-state index in [9.17, 15) is 9.59 Å². The molecule has 2 aromatic carbocycles. The number of hydrogen-bond donors (Lipinski definition) is 1. The maximum absolute atomic E-state index is 13.6. The van der Waals surface area contributed by atoms with Gasteiger partial charge in [0.25, 0.3) is 0 Å². The van der Waals surface area contributed by atoms with E-state index in [0.717, 1.165) is 38.8 Å². The molecule has 0 spiro atoms. The molecular formula is C31H30N4O3S. The van der Waals surface area contributed by atoms with E-state index in [2.05, 4.69) is 22.4 Å². The van der Waals surface area contributed by atoms with Crippen molar-refractivity contribution >= 4 is 28.8 Å². The topological polar surface area (TPSA) is 83.9 Å². The number of aromatic nitrogens is 1. The number of nitrogens with zero attached hydrogens (tertiary/aromatic N) is 3. The number of thioether (sulfide) groups is 1. The second kappa shape index (κ2) is 11.7. The highest BCUT2D eigenvalue weighted by Crippen LogP contribution is 2.45. The number of allylic oxidation sites excluding steroid dienone is 1. The number of hydrogen-bond acceptors (Lipinski definition) is 7. The minimum absolute atomic E-state index is 0.132. The molecule has 0 aliphatic carbocycles. The van der Waals surface area contributed by atoms with Gasteiger partial charge in [0.15, 0.2) is 5.17 Å². The highest BCUT2D eigenvalue weighted by Gasteiger charge is 2.41. The van der Waals surface area contributed by atoms with Crippen LogP contribution >= 0.6 is 11.8 Å². The van der Waals surface area contributed by atoms with Gasteiger partial charge in [-0.25, -0.2) is 9.79 Å². The van der Waals surface area contributed by atoms with Crippen molar-refractivity contribution in [2.24, 2.45) is 4.99 Å². The van der Waals surface area contributed by atoms with Crippen LogP contribution in [0.1, 0.15) is 47.3 Å². The van der Waals surface area contributed by atoms with Gasteiger partial charge in [0.05, 0.1) is 36.0 Å². The lowest BCUT2D eigenvalue weighted by Crippen LogP contribution is -2.38. The molecule has 2 aliphatic rings. The molecule has 2 aliphatic heterocycles. The van der Waals surface area contributed by atoms with Gasteiger partial charge in [0, 0.05) is 11.9 Å². The van der Waals surface area contributed by atoms with Crippen LogP contribution in [0.15, 0.2) is 100 Å². The third-order valence-electron chi connectivity index (χ3n) is 6.69. The summed E-state index contributed by atoms with van der Waals surface area (Å²) in [5.74, 6) is -0.549. The van der Waals surface area contributed by atoms with Crippen LogP contribution in [0.3, 0.4) is 0 Å². The third-order valence-corrected chi connectivity index (χ3v) is 7.58. The Balaban J connectivity index is 1.43. The Bertz CT molecular complexity index is 1480. The number of nitrogens with one attached hydrogen (secondary N) is 1. The molecule has 1 amide bonds. The van der Waals surface area contributed by atoms with Crippen LogP contribution in [0.2, 0.25) is 0 Å². The first-order valence-corrected chi connectivity index (χ1v) is 13.7. The smallest absolute Gasteiger partial charge is 0.338 e. The molecule has 1 N–H and O–H groups in total. The SMILES string of the molecule is CC1=C(C(=O)OCc2ccccc2)C(c2ccc(C)cc2C)N2C(CC(=O)NCc3ccccn3)=CSC2=N1. The number of pyridine rings is 1. The molecular weight excluding hydrogens is 508 g/mol. The average Bonchev–Trinajstić information content (AvgIpc) is 3.33. The van der Waals surface area contributed by atoms with E-state index in [1.54, 1.807) is 6.20 Å². The summed E-state index contributed by atoms with van der Waals surface area (Å²) in [5.41, 5.74) is 6.73.